The molecule has 7 heterocycles. The summed E-state index contributed by atoms with van der Waals surface area (Å²) in [6.45, 7) is 0. The third-order valence-electron chi connectivity index (χ3n) is 7.30. The van der Waals surface area contributed by atoms with Gasteiger partial charge in [-0.1, -0.05) is 54.6 Å². The molecule has 9 rings (SSSR count). The predicted molar refractivity (Wildman–Crippen MR) is 187 cm³/mol. The molecule has 8 nitrogen and oxygen atoms in total. The van der Waals surface area contributed by atoms with Gasteiger partial charge in [0.05, 0.1) is 44.8 Å². The molecule has 0 saturated heterocycles. The Morgan fingerprint density at radius 1 is 0.354 bits per heavy atom. The number of H-pyrrole nitrogens is 1. The van der Waals surface area contributed by atoms with Crippen LogP contribution in [0.4, 0.5) is 0 Å². The molecule has 0 unspecified atom stereocenters. The van der Waals surface area contributed by atoms with Crippen LogP contribution in [0.1, 0.15) is 0 Å². The van der Waals surface area contributed by atoms with Crippen molar-refractivity contribution in [3.8, 4) is 34.2 Å². The van der Waals surface area contributed by atoms with Crippen molar-refractivity contribution in [1.29, 1.82) is 0 Å². The van der Waals surface area contributed by atoms with Gasteiger partial charge >= 0.3 is 19.5 Å². The van der Waals surface area contributed by atoms with Crippen LogP contribution in [0.25, 0.3) is 67.0 Å². The molecular weight excluding hydrogens is 682 g/mol. The summed E-state index contributed by atoms with van der Waals surface area (Å²) in [6, 6.07) is 41.3. The summed E-state index contributed by atoms with van der Waals surface area (Å²) in [6.07, 6.45) is 10.7. The Labute approximate surface area is 289 Å². The fourth-order valence-corrected chi connectivity index (χ4v) is 5.13. The largest absolute Gasteiger partial charge is 3.00 e. The van der Waals surface area contributed by atoms with E-state index >= 15 is 0 Å². The number of hydrogen-bond donors (Lipinski definition) is 1. The Bertz CT molecular complexity index is 2110. The molecule has 2 aromatic carbocycles. The molecule has 1 radical (unpaired) electrons. The molecule has 0 aliphatic heterocycles. The fourth-order valence-electron chi connectivity index (χ4n) is 5.13. The minimum Gasteiger partial charge on any atom is -0.337 e. The van der Waals surface area contributed by atoms with E-state index in [1.165, 1.54) is 0 Å². The number of aromatic amines is 1. The number of hydrogen-bond acceptors (Lipinski definition) is 7. The van der Waals surface area contributed by atoms with Crippen molar-refractivity contribution >= 4 is 32.8 Å². The van der Waals surface area contributed by atoms with Gasteiger partial charge in [0.1, 0.15) is 5.82 Å². The molecule has 0 spiro atoms. The Morgan fingerprint density at radius 3 is 1.23 bits per heavy atom. The molecule has 48 heavy (non-hydrogen) atoms. The topological polar surface area (TPSA) is 106 Å². The summed E-state index contributed by atoms with van der Waals surface area (Å²) in [4.78, 5) is 34.1. The molecule has 9 aromatic rings. The summed E-state index contributed by atoms with van der Waals surface area (Å²) in [5.74, 6) is 0.863. The van der Waals surface area contributed by atoms with Gasteiger partial charge < -0.3 is 4.98 Å². The van der Waals surface area contributed by atoms with Crippen LogP contribution in [0, 0.1) is 0 Å². The maximum Gasteiger partial charge on any atom is 3.00 e. The van der Waals surface area contributed by atoms with Gasteiger partial charge in [0, 0.05) is 53.5 Å². The molecule has 7 aromatic heterocycles. The summed E-state index contributed by atoms with van der Waals surface area (Å²) in [5.41, 5.74) is 8.46. The zero-order valence-electron chi connectivity index (χ0n) is 25.6. The molecule has 1 N–H and O–H groups in total. The van der Waals surface area contributed by atoms with Crippen molar-refractivity contribution in [2.45, 2.75) is 0 Å². The Hall–Kier alpha value is -6.05. The molecule has 9 heteroatoms. The number of pyridine rings is 6. The van der Waals surface area contributed by atoms with E-state index in [1.54, 1.807) is 37.2 Å². The maximum atomic E-state index is 4.84. The standard InChI is InChI=1S/C19H12N4.2C10H8N2.Ru/c1-2-6-12(7-3-1)19-22-17-13-8-4-10-20-15(13)16-14(18(17)23-19)9-5-11-21-16;2*1-3-7-11-9(5-1)10-6-2-4-8-12-10;/h1-11H,(H,22,23);2*1-8H;/q;;;+3. The normalized spacial score (nSPS) is 10.3. The van der Waals surface area contributed by atoms with Crippen molar-refractivity contribution in [2.24, 2.45) is 0 Å². The fraction of sp³-hybridized carbons (Fsp3) is 0. The van der Waals surface area contributed by atoms with E-state index in [2.05, 4.69) is 59.2 Å². The molecule has 0 atom stereocenters. The molecule has 0 bridgehead atoms. The van der Waals surface area contributed by atoms with Crippen LogP contribution in [-0.4, -0.2) is 39.9 Å². The van der Waals surface area contributed by atoms with Gasteiger partial charge in [0.15, 0.2) is 0 Å². The van der Waals surface area contributed by atoms with Crippen LogP contribution >= 0.6 is 0 Å². The Kier molecular flexibility index (Phi) is 10.3. The van der Waals surface area contributed by atoms with Gasteiger partial charge in [0.25, 0.3) is 0 Å². The smallest absolute Gasteiger partial charge is 0.337 e. The van der Waals surface area contributed by atoms with E-state index in [0.29, 0.717) is 0 Å². The monoisotopic (exact) mass is 710 g/mol. The number of rotatable bonds is 3. The minimum atomic E-state index is 0. The summed E-state index contributed by atoms with van der Waals surface area (Å²) >= 11 is 0. The summed E-state index contributed by atoms with van der Waals surface area (Å²) in [5, 5.41) is 2.07. The number of fused-ring (bicyclic) bond motifs is 6. The van der Waals surface area contributed by atoms with Crippen LogP contribution in [0.15, 0.2) is 165 Å². The number of imidazole rings is 1. The van der Waals surface area contributed by atoms with Gasteiger partial charge in [-0.15, -0.1) is 0 Å². The molecule has 0 aliphatic carbocycles. The van der Waals surface area contributed by atoms with E-state index in [0.717, 1.165) is 67.0 Å². The van der Waals surface area contributed by atoms with Gasteiger partial charge in [-0.3, -0.25) is 29.9 Å². The van der Waals surface area contributed by atoms with Gasteiger partial charge in [0.2, 0.25) is 0 Å². The molecular formula is C39H28N8Ru+3. The average Bonchev–Trinajstić information content (AvgIpc) is 3.64. The summed E-state index contributed by atoms with van der Waals surface area (Å²) < 4.78 is 0. The second-order valence-corrected chi connectivity index (χ2v) is 10.3. The third-order valence-corrected chi connectivity index (χ3v) is 7.30. The molecule has 0 aliphatic rings. The van der Waals surface area contributed by atoms with E-state index < -0.39 is 0 Å². The second kappa shape index (κ2) is 15.5. The molecule has 229 valence electrons. The number of nitrogens with one attached hydrogen (secondary N) is 1. The van der Waals surface area contributed by atoms with Gasteiger partial charge in [-0.25, -0.2) is 4.98 Å². The SMILES string of the molecule is [Ru+3].c1ccc(-c2ccccn2)nc1.c1ccc(-c2ccccn2)nc1.c1ccc(-c2nc3c4cccnc4c4ncccc4c3[nH]2)cc1. The first-order chi connectivity index (χ1) is 23.3. The maximum absolute atomic E-state index is 4.84. The van der Waals surface area contributed by atoms with E-state index in [1.807, 2.05) is 103 Å². The van der Waals surface area contributed by atoms with Crippen LogP contribution in [-0.2, 0) is 19.5 Å². The van der Waals surface area contributed by atoms with Crippen LogP contribution in [0.3, 0.4) is 0 Å². The Morgan fingerprint density at radius 2 is 0.771 bits per heavy atom. The van der Waals surface area contributed by atoms with Crippen LogP contribution in [0.5, 0.6) is 0 Å². The van der Waals surface area contributed by atoms with E-state index in [-0.39, 0.29) is 19.5 Å². The van der Waals surface area contributed by atoms with Crippen LogP contribution in [0.2, 0.25) is 0 Å². The Balaban J connectivity index is 0.000000136. The van der Waals surface area contributed by atoms with E-state index in [9.17, 15) is 0 Å². The van der Waals surface area contributed by atoms with Crippen molar-refractivity contribution in [2.75, 3.05) is 0 Å². The summed E-state index contributed by atoms with van der Waals surface area (Å²) in [7, 11) is 0. The average molecular weight is 710 g/mol. The number of nitrogens with zero attached hydrogens (tertiary/aromatic N) is 7. The molecule has 0 fully saturated rings. The van der Waals surface area contributed by atoms with Crippen molar-refractivity contribution in [1.82, 2.24) is 39.9 Å². The first-order valence-electron chi connectivity index (χ1n) is 15.1. The first-order valence-corrected chi connectivity index (χ1v) is 15.1. The zero-order chi connectivity index (χ0) is 31.7. The van der Waals surface area contributed by atoms with Crippen molar-refractivity contribution in [3.05, 3.63) is 165 Å². The number of benzene rings is 2. The minimum absolute atomic E-state index is 0. The molecule has 0 saturated carbocycles. The predicted octanol–water partition coefficient (Wildman–Crippen LogP) is 8.61. The third kappa shape index (κ3) is 7.17. The first kappa shape index (κ1) is 31.9. The van der Waals surface area contributed by atoms with Crippen LogP contribution < -0.4 is 0 Å². The second-order valence-electron chi connectivity index (χ2n) is 10.3. The van der Waals surface area contributed by atoms with Crippen molar-refractivity contribution < 1.29 is 19.5 Å². The zero-order valence-corrected chi connectivity index (χ0v) is 27.3. The van der Waals surface area contributed by atoms with Gasteiger partial charge in [-0.05, 0) is 72.8 Å². The van der Waals surface area contributed by atoms with Crippen molar-refractivity contribution in [3.63, 3.8) is 0 Å². The van der Waals surface area contributed by atoms with E-state index in [4.69, 9.17) is 4.98 Å². The number of aromatic nitrogens is 8. The van der Waals surface area contributed by atoms with Gasteiger partial charge in [-0.2, -0.15) is 0 Å². The molecule has 0 amide bonds. The quantitative estimate of drug-likeness (QED) is 0.145.